The van der Waals surface area contributed by atoms with Crippen molar-refractivity contribution in [2.75, 3.05) is 10.5 Å². The van der Waals surface area contributed by atoms with E-state index in [4.69, 9.17) is 5.21 Å². The van der Waals surface area contributed by atoms with E-state index in [-0.39, 0.29) is 16.8 Å². The molecule has 5 nitrogen and oxygen atoms in total. The van der Waals surface area contributed by atoms with Gasteiger partial charge in [-0.1, -0.05) is 0 Å². The third kappa shape index (κ3) is 2.69. The topological polar surface area (TPSA) is 75.6 Å². The molecule has 0 bridgehead atoms. The van der Waals surface area contributed by atoms with E-state index in [1.165, 1.54) is 25.1 Å². The molecule has 0 heterocycles. The van der Waals surface area contributed by atoms with Crippen LogP contribution < -0.4 is 10.5 Å². The fourth-order valence-electron chi connectivity index (χ4n) is 0.943. The molecule has 0 radical (unpaired) electrons. The van der Waals surface area contributed by atoms with Crippen molar-refractivity contribution in [1.82, 2.24) is 0 Å². The number of carbonyl (C=O) groups excluding carboxylic acids is 1. The van der Waals surface area contributed by atoms with Gasteiger partial charge >= 0.3 is 0 Å². The molecule has 1 aromatic carbocycles. The Hall–Kier alpha value is -1.11. The first-order valence-corrected chi connectivity index (χ1v) is 4.53. The zero-order valence-electron chi connectivity index (χ0n) is 7.32. The first-order chi connectivity index (χ1) is 6.50. The molecule has 0 aliphatic rings. The lowest BCUT2D eigenvalue weighted by molar-refractivity contribution is -0.114. The Morgan fingerprint density at radius 2 is 2.29 bits per heavy atom. The molecule has 0 aromatic heterocycles. The van der Waals surface area contributed by atoms with Crippen molar-refractivity contribution in [3.63, 3.8) is 0 Å². The molecule has 1 aromatic rings. The van der Waals surface area contributed by atoms with Crippen molar-refractivity contribution in [3.05, 3.63) is 27.9 Å². The van der Waals surface area contributed by atoms with Gasteiger partial charge in [0.25, 0.3) is 0 Å². The van der Waals surface area contributed by atoms with Gasteiger partial charge in [0.15, 0.2) is 0 Å². The van der Waals surface area contributed by atoms with Gasteiger partial charge < -0.3 is 15.8 Å². The number of halogens is 1. The van der Waals surface area contributed by atoms with Crippen LogP contribution in [0.3, 0.4) is 0 Å². The number of nitrogens with zero attached hydrogens (tertiary/aromatic N) is 1. The average Bonchev–Trinajstić information content (AvgIpc) is 2.01. The van der Waals surface area contributed by atoms with E-state index >= 15 is 0 Å². The number of hydrogen-bond donors (Lipinski definition) is 2. The summed E-state index contributed by atoms with van der Waals surface area (Å²) in [7, 11) is 0. The van der Waals surface area contributed by atoms with Crippen LogP contribution in [0.25, 0.3) is 0 Å². The molecular weight excluding hydrogens is 252 g/mol. The van der Waals surface area contributed by atoms with Gasteiger partial charge in [-0.05, 0) is 34.1 Å². The SMILES string of the molecule is CC(=O)Nc1ccc(N([O-])O)c(Br)c1. The van der Waals surface area contributed by atoms with Crippen LogP contribution in [0, 0.1) is 5.21 Å². The second-order valence-corrected chi connectivity index (χ2v) is 3.47. The molecule has 0 spiro atoms. The molecular formula is C8H8BrN2O3-. The van der Waals surface area contributed by atoms with E-state index in [1.54, 1.807) is 0 Å². The Balaban J connectivity index is 2.94. The lowest BCUT2D eigenvalue weighted by Crippen LogP contribution is -2.09. The number of rotatable bonds is 2. The van der Waals surface area contributed by atoms with E-state index in [2.05, 4.69) is 21.2 Å². The number of carbonyl (C=O) groups is 1. The number of amides is 1. The molecule has 6 heteroatoms. The Bertz CT molecular complexity index is 354. The maximum Gasteiger partial charge on any atom is 0.221 e. The summed E-state index contributed by atoms with van der Waals surface area (Å²) < 4.78 is 0.404. The third-order valence-corrected chi connectivity index (χ3v) is 2.11. The van der Waals surface area contributed by atoms with Gasteiger partial charge in [0.2, 0.25) is 5.91 Å². The predicted molar refractivity (Wildman–Crippen MR) is 56.1 cm³/mol. The van der Waals surface area contributed by atoms with Crippen LogP contribution in [-0.2, 0) is 4.79 Å². The number of anilines is 2. The molecule has 0 unspecified atom stereocenters. The zero-order valence-corrected chi connectivity index (χ0v) is 8.91. The quantitative estimate of drug-likeness (QED) is 0.798. The molecule has 14 heavy (non-hydrogen) atoms. The lowest BCUT2D eigenvalue weighted by atomic mass is 10.3. The minimum absolute atomic E-state index is 0.0825. The van der Waals surface area contributed by atoms with Crippen LogP contribution in [-0.4, -0.2) is 11.1 Å². The lowest BCUT2D eigenvalue weighted by Gasteiger charge is -2.23. The van der Waals surface area contributed by atoms with E-state index in [1.807, 2.05) is 0 Å². The third-order valence-electron chi connectivity index (χ3n) is 1.47. The van der Waals surface area contributed by atoms with Gasteiger partial charge in [0.05, 0.1) is 5.69 Å². The Kier molecular flexibility index (Phi) is 3.45. The highest BCUT2D eigenvalue weighted by atomic mass is 79.9. The minimum Gasteiger partial charge on any atom is -0.733 e. The van der Waals surface area contributed by atoms with E-state index in [0.717, 1.165) is 0 Å². The van der Waals surface area contributed by atoms with Crippen molar-refractivity contribution in [1.29, 1.82) is 0 Å². The van der Waals surface area contributed by atoms with E-state index in [9.17, 15) is 10.0 Å². The van der Waals surface area contributed by atoms with Gasteiger partial charge in [-0.25, -0.2) is 0 Å². The van der Waals surface area contributed by atoms with Crippen LogP contribution in [0.5, 0.6) is 0 Å². The Morgan fingerprint density at radius 1 is 1.64 bits per heavy atom. The van der Waals surface area contributed by atoms with Crippen LogP contribution >= 0.6 is 15.9 Å². The molecule has 0 aliphatic carbocycles. The van der Waals surface area contributed by atoms with Crippen molar-refractivity contribution < 1.29 is 10.0 Å². The Labute approximate surface area is 89.0 Å². The zero-order chi connectivity index (χ0) is 10.7. The smallest absolute Gasteiger partial charge is 0.221 e. The standard InChI is InChI=1S/C8H8BrN2O3/c1-5(12)10-6-2-3-8(11(13)14)7(9)4-6/h2-4,13H,1H3,(H,10,12)/q-1. The number of benzene rings is 1. The van der Waals surface area contributed by atoms with Crippen molar-refractivity contribution in [3.8, 4) is 0 Å². The van der Waals surface area contributed by atoms with Crippen LogP contribution in [0.2, 0.25) is 0 Å². The summed E-state index contributed by atoms with van der Waals surface area (Å²) in [6.45, 7) is 1.38. The molecule has 1 amide bonds. The van der Waals surface area contributed by atoms with Gasteiger partial charge in [-0.15, -0.1) is 0 Å². The molecule has 0 aliphatic heterocycles. The average molecular weight is 260 g/mol. The van der Waals surface area contributed by atoms with E-state index in [0.29, 0.717) is 10.2 Å². The summed E-state index contributed by atoms with van der Waals surface area (Å²) in [4.78, 5) is 10.7. The van der Waals surface area contributed by atoms with Crippen LogP contribution in [0.1, 0.15) is 6.92 Å². The molecule has 1 rings (SSSR count). The summed E-state index contributed by atoms with van der Waals surface area (Å²) in [6.07, 6.45) is 0. The molecule has 0 atom stereocenters. The highest BCUT2D eigenvalue weighted by molar-refractivity contribution is 9.10. The second kappa shape index (κ2) is 4.41. The number of hydrogen-bond acceptors (Lipinski definition) is 4. The molecule has 0 fully saturated rings. The van der Waals surface area contributed by atoms with Gasteiger partial charge in [-0.3, -0.25) is 10.0 Å². The van der Waals surface area contributed by atoms with Crippen LogP contribution in [0.4, 0.5) is 11.4 Å². The minimum atomic E-state index is -0.248. The van der Waals surface area contributed by atoms with Gasteiger partial charge in [-0.2, -0.15) is 0 Å². The Morgan fingerprint density at radius 3 is 2.71 bits per heavy atom. The second-order valence-electron chi connectivity index (χ2n) is 2.62. The molecule has 2 N–H and O–H groups in total. The summed E-state index contributed by atoms with van der Waals surface area (Å²) in [5, 5.41) is 21.5. The first-order valence-electron chi connectivity index (χ1n) is 3.74. The monoisotopic (exact) mass is 259 g/mol. The maximum absolute atomic E-state index is 10.7. The fourth-order valence-corrected chi connectivity index (χ4v) is 1.47. The first kappa shape index (κ1) is 11.0. The maximum atomic E-state index is 10.7. The summed E-state index contributed by atoms with van der Waals surface area (Å²) in [6, 6.07) is 4.43. The van der Waals surface area contributed by atoms with Crippen molar-refractivity contribution in [2.24, 2.45) is 0 Å². The number of nitrogens with one attached hydrogen (secondary N) is 1. The predicted octanol–water partition coefficient (Wildman–Crippen LogP) is 2.10. The van der Waals surface area contributed by atoms with Crippen molar-refractivity contribution in [2.45, 2.75) is 6.92 Å². The molecule has 0 saturated carbocycles. The fraction of sp³-hybridized carbons (Fsp3) is 0.125. The van der Waals surface area contributed by atoms with Crippen LogP contribution in [0.15, 0.2) is 22.7 Å². The highest BCUT2D eigenvalue weighted by Gasteiger charge is 2.02. The molecule has 76 valence electrons. The largest absolute Gasteiger partial charge is 0.733 e. The summed E-state index contributed by atoms with van der Waals surface area (Å²) >= 11 is 3.08. The van der Waals surface area contributed by atoms with Gasteiger partial charge in [0.1, 0.15) is 0 Å². The van der Waals surface area contributed by atoms with Crippen molar-refractivity contribution >= 4 is 33.2 Å². The summed E-state index contributed by atoms with van der Waals surface area (Å²) in [5.74, 6) is -0.201. The normalized spacial score (nSPS) is 9.71. The summed E-state index contributed by atoms with van der Waals surface area (Å²) in [5.41, 5.74) is 0.633. The molecule has 0 saturated heterocycles. The van der Waals surface area contributed by atoms with E-state index < -0.39 is 0 Å². The van der Waals surface area contributed by atoms with Gasteiger partial charge in [0, 0.05) is 17.1 Å². The highest BCUT2D eigenvalue weighted by Crippen LogP contribution is 2.27.